The molecule has 0 saturated carbocycles. The second-order valence-electron chi connectivity index (χ2n) is 4.99. The molecule has 1 N–H and O–H groups in total. The van der Waals surface area contributed by atoms with E-state index in [0.717, 1.165) is 6.20 Å². The third kappa shape index (κ3) is 3.61. The van der Waals surface area contributed by atoms with Gasteiger partial charge in [0.05, 0.1) is 29.8 Å². The van der Waals surface area contributed by atoms with E-state index in [1.54, 1.807) is 30.3 Å². The van der Waals surface area contributed by atoms with E-state index in [9.17, 15) is 14.4 Å². The summed E-state index contributed by atoms with van der Waals surface area (Å²) in [6, 6.07) is 8.57. The fourth-order valence-electron chi connectivity index (χ4n) is 2.15. The molecule has 0 bridgehead atoms. The molecule has 1 atom stereocenters. The minimum absolute atomic E-state index is 0.348. The van der Waals surface area contributed by atoms with E-state index in [-0.39, 0.29) is 6.54 Å². The summed E-state index contributed by atoms with van der Waals surface area (Å²) in [7, 11) is 0. The Morgan fingerprint density at radius 1 is 1.39 bits per heavy atom. The average Bonchev–Trinajstić information content (AvgIpc) is 2.56. The third-order valence-corrected chi connectivity index (χ3v) is 3.33. The number of carbonyl (C=O) groups excluding carboxylic acids is 2. The number of Topliss-reactive ketones (excluding diaryl/α,β-unsaturated/α-hetero) is 1. The summed E-state index contributed by atoms with van der Waals surface area (Å²) >= 11 is 0. The summed E-state index contributed by atoms with van der Waals surface area (Å²) in [5.41, 5.74) is 0.588. The number of rotatable bonds is 6. The van der Waals surface area contributed by atoms with Crippen LogP contribution in [0.5, 0.6) is 0 Å². The van der Waals surface area contributed by atoms with Crippen molar-refractivity contribution in [3.8, 4) is 6.07 Å². The van der Waals surface area contributed by atoms with Crippen LogP contribution in [0.15, 0.2) is 35.3 Å². The maximum absolute atomic E-state index is 12.3. The number of nitriles is 1. The number of benzene rings is 1. The van der Waals surface area contributed by atoms with Gasteiger partial charge in [0.15, 0.2) is 11.7 Å². The van der Waals surface area contributed by atoms with Crippen molar-refractivity contribution in [1.29, 1.82) is 5.26 Å². The molecule has 1 unspecified atom stereocenters. The molecule has 1 aromatic carbocycles. The number of nitrogens with zero attached hydrogens (tertiary/aromatic N) is 3. The standard InChI is InChI=1S/C16H16N4O3/c1-2-7-18-16(23)11(8-17)14(21)10-20-13-6-4-3-5-12(13)19-9-15(20)22/h3-6,9,11H,2,7,10H2,1H3,(H,18,23). The molecular formula is C16H16N4O3. The quantitative estimate of drug-likeness (QED) is 0.788. The number of aromatic nitrogens is 2. The maximum atomic E-state index is 12.3. The number of fused-ring (bicyclic) bond motifs is 1. The highest BCUT2D eigenvalue weighted by Crippen LogP contribution is 2.09. The van der Waals surface area contributed by atoms with Crippen LogP contribution in [0, 0.1) is 17.2 Å². The van der Waals surface area contributed by atoms with E-state index in [1.807, 2.05) is 6.92 Å². The van der Waals surface area contributed by atoms with Gasteiger partial charge in [-0.3, -0.25) is 19.0 Å². The fraction of sp³-hybridized carbons (Fsp3) is 0.312. The Bertz CT molecular complexity index is 835. The predicted molar refractivity (Wildman–Crippen MR) is 83.4 cm³/mol. The first-order valence-electron chi connectivity index (χ1n) is 7.23. The minimum atomic E-state index is -1.43. The van der Waals surface area contributed by atoms with E-state index in [2.05, 4.69) is 10.3 Å². The lowest BCUT2D eigenvalue weighted by atomic mass is 10.0. The predicted octanol–water partition coefficient (Wildman–Crippen LogP) is 0.632. The van der Waals surface area contributed by atoms with Gasteiger partial charge in [-0.05, 0) is 18.6 Å². The van der Waals surface area contributed by atoms with Gasteiger partial charge in [-0.1, -0.05) is 19.1 Å². The molecule has 0 fully saturated rings. The SMILES string of the molecule is CCCNC(=O)C(C#N)C(=O)Cn1c(=O)cnc2ccccc21. The largest absolute Gasteiger partial charge is 0.355 e. The van der Waals surface area contributed by atoms with Crippen molar-refractivity contribution < 1.29 is 9.59 Å². The Hall–Kier alpha value is -3.01. The van der Waals surface area contributed by atoms with Crippen molar-refractivity contribution in [2.75, 3.05) is 6.54 Å². The monoisotopic (exact) mass is 312 g/mol. The van der Waals surface area contributed by atoms with Gasteiger partial charge in [-0.2, -0.15) is 5.26 Å². The van der Waals surface area contributed by atoms with Crippen LogP contribution in [0.4, 0.5) is 0 Å². The molecule has 118 valence electrons. The van der Waals surface area contributed by atoms with Crippen LogP contribution in [-0.2, 0) is 16.1 Å². The molecule has 1 amide bonds. The number of hydrogen-bond donors (Lipinski definition) is 1. The second-order valence-corrected chi connectivity index (χ2v) is 4.99. The summed E-state index contributed by atoms with van der Waals surface area (Å²) in [5, 5.41) is 11.6. The summed E-state index contributed by atoms with van der Waals surface area (Å²) < 4.78 is 1.22. The first-order chi connectivity index (χ1) is 11.1. The summed E-state index contributed by atoms with van der Waals surface area (Å²) in [6.45, 7) is 1.91. The third-order valence-electron chi connectivity index (χ3n) is 3.33. The summed E-state index contributed by atoms with van der Waals surface area (Å²) in [6.07, 6.45) is 1.82. The number of carbonyl (C=O) groups is 2. The Balaban J connectivity index is 2.29. The van der Waals surface area contributed by atoms with Crippen LogP contribution in [0.1, 0.15) is 13.3 Å². The Kier molecular flexibility index (Phi) is 5.20. The number of amides is 1. The van der Waals surface area contributed by atoms with Crippen molar-refractivity contribution in [3.05, 3.63) is 40.8 Å². The molecule has 0 aliphatic rings. The lowest BCUT2D eigenvalue weighted by molar-refractivity contribution is -0.131. The van der Waals surface area contributed by atoms with Crippen molar-refractivity contribution in [2.24, 2.45) is 5.92 Å². The zero-order chi connectivity index (χ0) is 16.8. The topological polar surface area (TPSA) is 105 Å². The van der Waals surface area contributed by atoms with E-state index >= 15 is 0 Å². The van der Waals surface area contributed by atoms with Crippen LogP contribution >= 0.6 is 0 Å². The highest BCUT2D eigenvalue weighted by atomic mass is 16.2. The minimum Gasteiger partial charge on any atom is -0.355 e. The van der Waals surface area contributed by atoms with Gasteiger partial charge in [-0.25, -0.2) is 4.98 Å². The average molecular weight is 312 g/mol. The molecule has 2 rings (SSSR count). The molecule has 0 saturated heterocycles. The molecule has 7 nitrogen and oxygen atoms in total. The van der Waals surface area contributed by atoms with Gasteiger partial charge >= 0.3 is 0 Å². The van der Waals surface area contributed by atoms with Gasteiger partial charge in [0, 0.05) is 6.54 Å². The Morgan fingerprint density at radius 2 is 2.13 bits per heavy atom. The molecular weight excluding hydrogens is 296 g/mol. The molecule has 0 aliphatic carbocycles. The molecule has 2 aromatic rings. The zero-order valence-corrected chi connectivity index (χ0v) is 12.7. The second kappa shape index (κ2) is 7.31. The Morgan fingerprint density at radius 3 is 2.83 bits per heavy atom. The smallest absolute Gasteiger partial charge is 0.269 e. The van der Waals surface area contributed by atoms with E-state index in [0.29, 0.717) is 24.0 Å². The van der Waals surface area contributed by atoms with Crippen molar-refractivity contribution in [1.82, 2.24) is 14.9 Å². The van der Waals surface area contributed by atoms with Crippen LogP contribution in [0.3, 0.4) is 0 Å². The van der Waals surface area contributed by atoms with Gasteiger partial charge in [-0.15, -0.1) is 0 Å². The number of ketones is 1. The number of nitrogens with one attached hydrogen (secondary N) is 1. The molecule has 0 aliphatic heterocycles. The summed E-state index contributed by atoms with van der Waals surface area (Å²) in [5.74, 6) is -2.69. The van der Waals surface area contributed by atoms with Crippen LogP contribution in [-0.4, -0.2) is 27.8 Å². The van der Waals surface area contributed by atoms with Crippen LogP contribution in [0.25, 0.3) is 11.0 Å². The first-order valence-corrected chi connectivity index (χ1v) is 7.23. The van der Waals surface area contributed by atoms with Crippen LogP contribution < -0.4 is 10.9 Å². The number of hydrogen-bond acceptors (Lipinski definition) is 5. The van der Waals surface area contributed by atoms with Crippen molar-refractivity contribution in [2.45, 2.75) is 19.9 Å². The molecule has 0 spiro atoms. The lowest BCUT2D eigenvalue weighted by Gasteiger charge is -2.12. The van der Waals surface area contributed by atoms with Gasteiger partial charge < -0.3 is 5.32 Å². The molecule has 0 radical (unpaired) electrons. The Labute approximate surface area is 132 Å². The van der Waals surface area contributed by atoms with Gasteiger partial charge in [0.2, 0.25) is 5.91 Å². The van der Waals surface area contributed by atoms with E-state index in [4.69, 9.17) is 5.26 Å². The normalized spacial score (nSPS) is 11.7. The van der Waals surface area contributed by atoms with Gasteiger partial charge in [0.1, 0.15) is 0 Å². The number of para-hydroxylation sites is 2. The first kappa shape index (κ1) is 16.4. The van der Waals surface area contributed by atoms with E-state index < -0.39 is 23.2 Å². The maximum Gasteiger partial charge on any atom is 0.269 e. The highest BCUT2D eigenvalue weighted by molar-refractivity contribution is 6.04. The van der Waals surface area contributed by atoms with Crippen molar-refractivity contribution >= 4 is 22.7 Å². The lowest BCUT2D eigenvalue weighted by Crippen LogP contribution is -2.37. The van der Waals surface area contributed by atoms with Crippen LogP contribution in [0.2, 0.25) is 0 Å². The molecule has 1 aromatic heterocycles. The highest BCUT2D eigenvalue weighted by Gasteiger charge is 2.26. The molecule has 23 heavy (non-hydrogen) atoms. The fourth-order valence-corrected chi connectivity index (χ4v) is 2.15. The van der Waals surface area contributed by atoms with Gasteiger partial charge in [0.25, 0.3) is 5.56 Å². The summed E-state index contributed by atoms with van der Waals surface area (Å²) in [4.78, 5) is 40.1. The van der Waals surface area contributed by atoms with E-state index in [1.165, 1.54) is 4.57 Å². The molecule has 1 heterocycles. The molecule has 7 heteroatoms. The zero-order valence-electron chi connectivity index (χ0n) is 12.7. The van der Waals surface area contributed by atoms with Crippen molar-refractivity contribution in [3.63, 3.8) is 0 Å².